The first-order valence-corrected chi connectivity index (χ1v) is 7.63. The van der Waals surface area contributed by atoms with E-state index in [-0.39, 0.29) is 6.54 Å². The molecule has 2 atom stereocenters. The van der Waals surface area contributed by atoms with E-state index in [9.17, 15) is 23.5 Å². The van der Waals surface area contributed by atoms with Gasteiger partial charge in [-0.05, 0) is 42.3 Å². The number of aliphatic hydroxyl groups excluding tert-OH is 1. The van der Waals surface area contributed by atoms with E-state index in [2.05, 4.69) is 10.6 Å². The first kappa shape index (κ1) is 18.5. The van der Waals surface area contributed by atoms with Gasteiger partial charge in [0.2, 0.25) is 0 Å². The SMILES string of the molecule is CC(NC(=O)C(=O)NCc1ccc(F)cc1)C(O)c1ccc(F)cc1. The Morgan fingerprint density at radius 2 is 1.48 bits per heavy atom. The number of aliphatic hydroxyl groups is 1. The molecule has 5 nitrogen and oxygen atoms in total. The van der Waals surface area contributed by atoms with E-state index in [0.717, 1.165) is 0 Å². The molecule has 132 valence electrons. The van der Waals surface area contributed by atoms with Crippen LogP contribution in [0.3, 0.4) is 0 Å². The molecule has 2 unspecified atom stereocenters. The van der Waals surface area contributed by atoms with Crippen LogP contribution in [0.1, 0.15) is 24.2 Å². The van der Waals surface area contributed by atoms with Crippen LogP contribution in [0.15, 0.2) is 48.5 Å². The number of rotatable bonds is 5. The minimum Gasteiger partial charge on any atom is -0.386 e. The van der Waals surface area contributed by atoms with Crippen LogP contribution in [0, 0.1) is 11.6 Å². The quantitative estimate of drug-likeness (QED) is 0.721. The zero-order valence-electron chi connectivity index (χ0n) is 13.5. The molecule has 2 amide bonds. The fourth-order valence-electron chi connectivity index (χ4n) is 2.16. The molecule has 0 aliphatic carbocycles. The van der Waals surface area contributed by atoms with Gasteiger partial charge >= 0.3 is 11.8 Å². The lowest BCUT2D eigenvalue weighted by atomic mass is 10.0. The minimum atomic E-state index is -1.09. The van der Waals surface area contributed by atoms with E-state index in [1.165, 1.54) is 55.5 Å². The summed E-state index contributed by atoms with van der Waals surface area (Å²) < 4.78 is 25.7. The molecule has 0 radical (unpaired) electrons. The average molecular weight is 348 g/mol. The topological polar surface area (TPSA) is 78.4 Å². The molecule has 0 heterocycles. The summed E-state index contributed by atoms with van der Waals surface area (Å²) in [4.78, 5) is 23.7. The third kappa shape index (κ3) is 5.36. The lowest BCUT2D eigenvalue weighted by Crippen LogP contribution is -2.45. The van der Waals surface area contributed by atoms with Gasteiger partial charge in [-0.15, -0.1) is 0 Å². The van der Waals surface area contributed by atoms with Gasteiger partial charge in [-0.25, -0.2) is 8.78 Å². The van der Waals surface area contributed by atoms with Crippen LogP contribution in [-0.2, 0) is 16.1 Å². The van der Waals surface area contributed by atoms with Crippen molar-refractivity contribution < 1.29 is 23.5 Å². The predicted molar refractivity (Wildman–Crippen MR) is 87.2 cm³/mol. The van der Waals surface area contributed by atoms with E-state index in [0.29, 0.717) is 11.1 Å². The monoisotopic (exact) mass is 348 g/mol. The van der Waals surface area contributed by atoms with Gasteiger partial charge in [0.15, 0.2) is 0 Å². The summed E-state index contributed by atoms with van der Waals surface area (Å²) in [6.45, 7) is 1.60. The zero-order valence-corrected chi connectivity index (χ0v) is 13.5. The molecule has 0 fully saturated rings. The number of carbonyl (C=O) groups is 2. The lowest BCUT2D eigenvalue weighted by molar-refractivity contribution is -0.140. The maximum atomic E-state index is 12.9. The Balaban J connectivity index is 1.85. The van der Waals surface area contributed by atoms with E-state index >= 15 is 0 Å². The third-order valence-corrected chi connectivity index (χ3v) is 3.62. The van der Waals surface area contributed by atoms with Gasteiger partial charge in [-0.2, -0.15) is 0 Å². The van der Waals surface area contributed by atoms with Crippen molar-refractivity contribution in [3.05, 3.63) is 71.3 Å². The molecular weight excluding hydrogens is 330 g/mol. The molecule has 2 aromatic rings. The number of hydrogen-bond donors (Lipinski definition) is 3. The minimum absolute atomic E-state index is 0.0709. The Hall–Kier alpha value is -2.80. The Kier molecular flexibility index (Phi) is 6.19. The highest BCUT2D eigenvalue weighted by atomic mass is 19.1. The summed E-state index contributed by atoms with van der Waals surface area (Å²) in [6, 6.07) is 9.93. The summed E-state index contributed by atoms with van der Waals surface area (Å²) in [7, 11) is 0. The van der Waals surface area contributed by atoms with Crippen molar-refractivity contribution in [1.82, 2.24) is 10.6 Å². The highest BCUT2D eigenvalue weighted by Crippen LogP contribution is 2.17. The van der Waals surface area contributed by atoms with E-state index in [1.54, 1.807) is 0 Å². The van der Waals surface area contributed by atoms with Crippen molar-refractivity contribution in [1.29, 1.82) is 0 Å². The van der Waals surface area contributed by atoms with Crippen LogP contribution >= 0.6 is 0 Å². The molecule has 0 spiro atoms. The smallest absolute Gasteiger partial charge is 0.309 e. The molecule has 0 aliphatic heterocycles. The highest BCUT2D eigenvalue weighted by Gasteiger charge is 2.22. The molecule has 0 bridgehead atoms. The number of benzene rings is 2. The molecule has 3 N–H and O–H groups in total. The first-order chi connectivity index (χ1) is 11.9. The maximum absolute atomic E-state index is 12.9. The van der Waals surface area contributed by atoms with E-state index in [1.807, 2.05) is 0 Å². The molecule has 2 rings (SSSR count). The normalized spacial score (nSPS) is 13.0. The van der Waals surface area contributed by atoms with Crippen LogP contribution in [0.5, 0.6) is 0 Å². The van der Waals surface area contributed by atoms with Gasteiger partial charge in [0, 0.05) is 6.54 Å². The second-order valence-electron chi connectivity index (χ2n) is 5.57. The van der Waals surface area contributed by atoms with Crippen molar-refractivity contribution in [3.63, 3.8) is 0 Å². The van der Waals surface area contributed by atoms with Crippen molar-refractivity contribution in [2.45, 2.75) is 25.6 Å². The highest BCUT2D eigenvalue weighted by molar-refractivity contribution is 6.35. The van der Waals surface area contributed by atoms with Crippen LogP contribution < -0.4 is 10.6 Å². The summed E-state index contributed by atoms with van der Waals surface area (Å²) in [5, 5.41) is 14.9. The maximum Gasteiger partial charge on any atom is 0.309 e. The molecule has 25 heavy (non-hydrogen) atoms. The number of halogens is 2. The molecule has 0 saturated heterocycles. The Morgan fingerprint density at radius 3 is 2.04 bits per heavy atom. The van der Waals surface area contributed by atoms with Crippen molar-refractivity contribution >= 4 is 11.8 Å². The fourth-order valence-corrected chi connectivity index (χ4v) is 2.16. The van der Waals surface area contributed by atoms with Gasteiger partial charge in [-0.3, -0.25) is 9.59 Å². The van der Waals surface area contributed by atoms with Crippen LogP contribution in [0.2, 0.25) is 0 Å². The zero-order chi connectivity index (χ0) is 18.4. The number of hydrogen-bond acceptors (Lipinski definition) is 3. The lowest BCUT2D eigenvalue weighted by Gasteiger charge is -2.20. The van der Waals surface area contributed by atoms with Gasteiger partial charge in [0.1, 0.15) is 11.6 Å². The summed E-state index contributed by atoms with van der Waals surface area (Å²) in [5.41, 5.74) is 1.06. The molecule has 2 aromatic carbocycles. The largest absolute Gasteiger partial charge is 0.386 e. The van der Waals surface area contributed by atoms with Crippen molar-refractivity contribution in [2.75, 3.05) is 0 Å². The number of carbonyl (C=O) groups excluding carboxylic acids is 2. The van der Waals surface area contributed by atoms with E-state index in [4.69, 9.17) is 0 Å². The Labute approximate surface area is 143 Å². The summed E-state index contributed by atoms with van der Waals surface area (Å²) >= 11 is 0. The third-order valence-electron chi connectivity index (χ3n) is 3.62. The van der Waals surface area contributed by atoms with Crippen molar-refractivity contribution in [2.24, 2.45) is 0 Å². The molecule has 0 aliphatic rings. The molecule has 7 heteroatoms. The summed E-state index contributed by atoms with van der Waals surface area (Å²) in [5.74, 6) is -2.61. The van der Waals surface area contributed by atoms with Crippen molar-refractivity contribution in [3.8, 4) is 0 Å². The molecule has 0 aromatic heterocycles. The van der Waals surface area contributed by atoms with Gasteiger partial charge in [0.25, 0.3) is 0 Å². The second-order valence-corrected chi connectivity index (χ2v) is 5.57. The second kappa shape index (κ2) is 8.34. The number of nitrogens with one attached hydrogen (secondary N) is 2. The Morgan fingerprint density at radius 1 is 0.960 bits per heavy atom. The first-order valence-electron chi connectivity index (χ1n) is 7.63. The Bertz CT molecular complexity index is 733. The van der Waals surface area contributed by atoms with Gasteiger partial charge < -0.3 is 15.7 Å². The average Bonchev–Trinajstić information content (AvgIpc) is 2.60. The van der Waals surface area contributed by atoms with Gasteiger partial charge in [0.05, 0.1) is 12.1 Å². The summed E-state index contributed by atoms with van der Waals surface area (Å²) in [6.07, 6.45) is -1.09. The van der Waals surface area contributed by atoms with Gasteiger partial charge in [-0.1, -0.05) is 24.3 Å². The van der Waals surface area contributed by atoms with Crippen LogP contribution in [0.25, 0.3) is 0 Å². The predicted octanol–water partition coefficient (Wildman–Crippen LogP) is 1.82. The fraction of sp³-hybridized carbons (Fsp3) is 0.222. The van der Waals surface area contributed by atoms with Crippen LogP contribution in [0.4, 0.5) is 8.78 Å². The standard InChI is InChI=1S/C18H18F2N2O3/c1-11(16(23)13-4-8-15(20)9-5-13)22-18(25)17(24)21-10-12-2-6-14(19)7-3-12/h2-9,11,16,23H,10H2,1H3,(H,21,24)(H,22,25). The van der Waals surface area contributed by atoms with Crippen LogP contribution in [-0.4, -0.2) is 23.0 Å². The number of amides is 2. The van der Waals surface area contributed by atoms with E-state index < -0.39 is 35.6 Å². The molecular formula is C18H18F2N2O3. The molecule has 0 saturated carbocycles.